The normalized spacial score (nSPS) is 12.0. The average molecular weight is 416 g/mol. The van der Waals surface area contributed by atoms with Crippen molar-refractivity contribution in [3.63, 3.8) is 0 Å². The summed E-state index contributed by atoms with van der Waals surface area (Å²) in [5, 5.41) is 0. The quantitative estimate of drug-likeness (QED) is 0.513. The SMILES string of the molecule is CCOC(=O)c1[nH]c(C)c(C(=O)C(C)N(CC(C)C)C(=O)c2ccc(F)cc2)c1C. The molecule has 0 aliphatic heterocycles. The van der Waals surface area contributed by atoms with Gasteiger partial charge in [-0.1, -0.05) is 13.8 Å². The molecule has 0 saturated carbocycles. The summed E-state index contributed by atoms with van der Waals surface area (Å²) in [5.41, 5.74) is 1.98. The summed E-state index contributed by atoms with van der Waals surface area (Å²) in [5.74, 6) is -1.45. The second-order valence-corrected chi connectivity index (χ2v) is 7.74. The lowest BCUT2D eigenvalue weighted by molar-refractivity contribution is 0.0518. The van der Waals surface area contributed by atoms with Gasteiger partial charge in [0.05, 0.1) is 12.6 Å². The minimum Gasteiger partial charge on any atom is -0.461 e. The van der Waals surface area contributed by atoms with Gasteiger partial charge in [0.25, 0.3) is 5.91 Å². The number of ether oxygens (including phenoxy) is 1. The molecule has 0 radical (unpaired) electrons. The molecule has 1 heterocycles. The highest BCUT2D eigenvalue weighted by Gasteiger charge is 2.32. The van der Waals surface area contributed by atoms with E-state index >= 15 is 0 Å². The van der Waals surface area contributed by atoms with Crippen molar-refractivity contribution in [1.82, 2.24) is 9.88 Å². The van der Waals surface area contributed by atoms with Crippen LogP contribution in [0.15, 0.2) is 24.3 Å². The fourth-order valence-corrected chi connectivity index (χ4v) is 3.45. The van der Waals surface area contributed by atoms with Crippen LogP contribution in [0, 0.1) is 25.6 Å². The third kappa shape index (κ3) is 4.96. The fourth-order valence-electron chi connectivity index (χ4n) is 3.45. The van der Waals surface area contributed by atoms with Gasteiger partial charge in [-0.3, -0.25) is 9.59 Å². The average Bonchev–Trinajstić information content (AvgIpc) is 2.99. The number of rotatable bonds is 8. The number of carbonyl (C=O) groups excluding carboxylic acids is 3. The lowest BCUT2D eigenvalue weighted by Crippen LogP contribution is -2.45. The van der Waals surface area contributed by atoms with Crippen LogP contribution < -0.4 is 0 Å². The second kappa shape index (κ2) is 9.69. The molecule has 162 valence electrons. The number of hydrogen-bond acceptors (Lipinski definition) is 4. The van der Waals surface area contributed by atoms with Crippen molar-refractivity contribution >= 4 is 17.7 Å². The van der Waals surface area contributed by atoms with Crippen molar-refractivity contribution < 1.29 is 23.5 Å². The number of esters is 1. The van der Waals surface area contributed by atoms with Crippen molar-refractivity contribution in [1.29, 1.82) is 0 Å². The van der Waals surface area contributed by atoms with Gasteiger partial charge in [0.2, 0.25) is 0 Å². The number of nitrogens with one attached hydrogen (secondary N) is 1. The highest BCUT2D eigenvalue weighted by Crippen LogP contribution is 2.23. The Morgan fingerprint density at radius 2 is 1.70 bits per heavy atom. The molecule has 0 bridgehead atoms. The number of carbonyl (C=O) groups is 3. The third-order valence-electron chi connectivity index (χ3n) is 4.92. The Hall–Kier alpha value is -2.96. The Labute approximate surface area is 176 Å². The van der Waals surface area contributed by atoms with Crippen LogP contribution in [0.25, 0.3) is 0 Å². The number of H-pyrrole nitrogens is 1. The van der Waals surface area contributed by atoms with E-state index in [1.54, 1.807) is 27.7 Å². The molecule has 1 aromatic carbocycles. The van der Waals surface area contributed by atoms with E-state index in [1.165, 1.54) is 29.2 Å². The van der Waals surface area contributed by atoms with E-state index in [9.17, 15) is 18.8 Å². The summed E-state index contributed by atoms with van der Waals surface area (Å²) < 4.78 is 18.3. The van der Waals surface area contributed by atoms with Crippen molar-refractivity contribution in [3.05, 3.63) is 58.2 Å². The van der Waals surface area contributed by atoms with Gasteiger partial charge in [-0.05, 0) is 63.4 Å². The lowest BCUT2D eigenvalue weighted by Gasteiger charge is -2.30. The maximum atomic E-state index is 13.4. The van der Waals surface area contributed by atoms with E-state index in [4.69, 9.17) is 4.74 Å². The molecular weight excluding hydrogens is 387 g/mol. The predicted octanol–water partition coefficient (Wildman–Crippen LogP) is 4.32. The second-order valence-electron chi connectivity index (χ2n) is 7.74. The summed E-state index contributed by atoms with van der Waals surface area (Å²) in [7, 11) is 0. The van der Waals surface area contributed by atoms with Crippen LogP contribution in [-0.4, -0.2) is 46.7 Å². The zero-order valence-corrected chi connectivity index (χ0v) is 18.3. The molecule has 1 aromatic heterocycles. The number of benzene rings is 1. The molecule has 1 unspecified atom stereocenters. The van der Waals surface area contributed by atoms with Crippen LogP contribution >= 0.6 is 0 Å². The number of hydrogen-bond donors (Lipinski definition) is 1. The number of aromatic nitrogens is 1. The first-order valence-corrected chi connectivity index (χ1v) is 10.0. The maximum Gasteiger partial charge on any atom is 0.355 e. The van der Waals surface area contributed by atoms with Crippen molar-refractivity contribution in [3.8, 4) is 0 Å². The van der Waals surface area contributed by atoms with E-state index in [-0.39, 0.29) is 29.9 Å². The largest absolute Gasteiger partial charge is 0.461 e. The topological polar surface area (TPSA) is 79.5 Å². The summed E-state index contributed by atoms with van der Waals surface area (Å²) in [6.45, 7) is 11.3. The molecule has 7 heteroatoms. The van der Waals surface area contributed by atoms with Crippen LogP contribution in [0.5, 0.6) is 0 Å². The molecule has 6 nitrogen and oxygen atoms in total. The standard InChI is InChI=1S/C23H29FN2O4/c1-7-30-23(29)20-14(4)19(15(5)25-20)21(27)16(6)26(12-13(2)3)22(28)17-8-10-18(24)11-9-17/h8-11,13,16,25H,7,12H2,1-6H3. The summed E-state index contributed by atoms with van der Waals surface area (Å²) in [4.78, 5) is 43.1. The third-order valence-corrected chi connectivity index (χ3v) is 4.92. The number of halogens is 1. The van der Waals surface area contributed by atoms with Crippen LogP contribution in [0.3, 0.4) is 0 Å². The molecule has 30 heavy (non-hydrogen) atoms. The predicted molar refractivity (Wildman–Crippen MR) is 112 cm³/mol. The van der Waals surface area contributed by atoms with Gasteiger partial charge in [0, 0.05) is 23.4 Å². The first-order chi connectivity index (χ1) is 14.1. The molecule has 2 aromatic rings. The summed E-state index contributed by atoms with van der Waals surface area (Å²) in [6, 6.07) is 4.49. The number of nitrogens with zero attached hydrogens (tertiary/aromatic N) is 1. The monoisotopic (exact) mass is 416 g/mol. The van der Waals surface area contributed by atoms with E-state index in [2.05, 4.69) is 4.98 Å². The van der Waals surface area contributed by atoms with Crippen LogP contribution in [-0.2, 0) is 4.74 Å². The number of aryl methyl sites for hydroxylation is 1. The number of amides is 1. The number of ketones is 1. The molecule has 0 saturated heterocycles. The maximum absolute atomic E-state index is 13.4. The van der Waals surface area contributed by atoms with Crippen molar-refractivity contribution in [2.24, 2.45) is 5.92 Å². The van der Waals surface area contributed by atoms with Crippen molar-refractivity contribution in [2.75, 3.05) is 13.2 Å². The zero-order valence-electron chi connectivity index (χ0n) is 18.3. The van der Waals surface area contributed by atoms with Gasteiger partial charge in [-0.15, -0.1) is 0 Å². The molecule has 0 spiro atoms. The Kier molecular flexibility index (Phi) is 7.54. The van der Waals surface area contributed by atoms with Crippen molar-refractivity contribution in [2.45, 2.75) is 47.6 Å². The first kappa shape index (κ1) is 23.3. The zero-order chi connectivity index (χ0) is 22.6. The molecular formula is C23H29FN2O4. The summed E-state index contributed by atoms with van der Waals surface area (Å²) >= 11 is 0. The minimum absolute atomic E-state index is 0.119. The molecule has 1 amide bonds. The van der Waals surface area contributed by atoms with Gasteiger partial charge in [0.1, 0.15) is 11.5 Å². The van der Waals surface area contributed by atoms with Gasteiger partial charge in [-0.2, -0.15) is 0 Å². The first-order valence-electron chi connectivity index (χ1n) is 10.0. The van der Waals surface area contributed by atoms with E-state index in [0.717, 1.165) is 0 Å². The van der Waals surface area contributed by atoms with Gasteiger partial charge in [0.15, 0.2) is 5.78 Å². The van der Waals surface area contributed by atoms with E-state index in [1.807, 2.05) is 13.8 Å². The van der Waals surface area contributed by atoms with Crippen LogP contribution in [0.4, 0.5) is 4.39 Å². The lowest BCUT2D eigenvalue weighted by atomic mass is 9.98. The highest BCUT2D eigenvalue weighted by molar-refractivity contribution is 6.07. The van der Waals surface area contributed by atoms with E-state index in [0.29, 0.717) is 28.9 Å². The minimum atomic E-state index is -0.770. The Bertz CT molecular complexity index is 931. The van der Waals surface area contributed by atoms with Gasteiger partial charge >= 0.3 is 5.97 Å². The molecule has 0 aliphatic rings. The molecule has 0 aliphatic carbocycles. The molecule has 2 rings (SSSR count). The molecule has 1 atom stereocenters. The molecule has 1 N–H and O–H groups in total. The Morgan fingerprint density at radius 3 is 2.23 bits per heavy atom. The van der Waals surface area contributed by atoms with Crippen LogP contribution in [0.2, 0.25) is 0 Å². The highest BCUT2D eigenvalue weighted by atomic mass is 19.1. The smallest absolute Gasteiger partial charge is 0.355 e. The molecule has 0 fully saturated rings. The Morgan fingerprint density at radius 1 is 1.10 bits per heavy atom. The van der Waals surface area contributed by atoms with Gasteiger partial charge < -0.3 is 14.6 Å². The number of aromatic amines is 1. The Balaban J connectivity index is 2.39. The summed E-state index contributed by atoms with van der Waals surface area (Å²) in [6.07, 6.45) is 0. The van der Waals surface area contributed by atoms with Gasteiger partial charge in [-0.25, -0.2) is 9.18 Å². The van der Waals surface area contributed by atoms with Crippen LogP contribution in [0.1, 0.15) is 70.2 Å². The fraction of sp³-hybridized carbons (Fsp3) is 0.435. The number of Topliss-reactive ketones (excluding diaryl/α,β-unsaturated/α-hetero) is 1. The van der Waals surface area contributed by atoms with E-state index < -0.39 is 17.8 Å².